The Morgan fingerprint density at radius 1 is 1.39 bits per heavy atom. The summed E-state index contributed by atoms with van der Waals surface area (Å²) in [5.74, 6) is 0.770. The zero-order valence-corrected chi connectivity index (χ0v) is 10.6. The molecule has 1 unspecified atom stereocenters. The van der Waals surface area contributed by atoms with Gasteiger partial charge < -0.3 is 10.6 Å². The number of nitrogens with two attached hydrogens (primary N) is 1. The number of benzene rings is 1. The third-order valence-electron chi connectivity index (χ3n) is 3.86. The molecule has 96 valence electrons. The second kappa shape index (κ2) is 4.48. The molecule has 2 aromatic rings. The van der Waals surface area contributed by atoms with Crippen molar-refractivity contribution in [1.29, 1.82) is 0 Å². The van der Waals surface area contributed by atoms with Crippen molar-refractivity contribution in [3.63, 3.8) is 0 Å². The fourth-order valence-corrected chi connectivity index (χ4v) is 2.74. The molecule has 2 N–H and O–H groups in total. The van der Waals surface area contributed by atoms with Crippen LogP contribution in [0.15, 0.2) is 16.8 Å². The molecule has 1 aromatic heterocycles. The Labute approximate surface area is 106 Å². The molecule has 1 aromatic carbocycles. The lowest BCUT2D eigenvalue weighted by molar-refractivity contribution is 0.315. The molecular formula is C13H18N4O. The zero-order valence-electron chi connectivity index (χ0n) is 10.6. The van der Waals surface area contributed by atoms with Gasteiger partial charge in [0, 0.05) is 13.1 Å². The summed E-state index contributed by atoms with van der Waals surface area (Å²) in [6.07, 6.45) is 3.78. The maximum absolute atomic E-state index is 5.87. The van der Waals surface area contributed by atoms with Crippen LogP contribution >= 0.6 is 0 Å². The van der Waals surface area contributed by atoms with E-state index in [1.807, 2.05) is 12.1 Å². The zero-order chi connectivity index (χ0) is 12.5. The summed E-state index contributed by atoms with van der Waals surface area (Å²) >= 11 is 0. The van der Waals surface area contributed by atoms with Gasteiger partial charge in [-0.05, 0) is 41.2 Å². The number of nitrogens with zero attached hydrogens (tertiary/aromatic N) is 3. The highest BCUT2D eigenvalue weighted by Crippen LogP contribution is 2.31. The molecular weight excluding hydrogens is 228 g/mol. The third-order valence-corrected chi connectivity index (χ3v) is 3.86. The number of nitrogen functional groups attached to an aromatic ring is 1. The number of anilines is 2. The largest absolute Gasteiger partial charge is 0.397 e. The molecule has 0 radical (unpaired) electrons. The first-order chi connectivity index (χ1) is 8.79. The minimum atomic E-state index is 0.624. The van der Waals surface area contributed by atoms with Gasteiger partial charge >= 0.3 is 0 Å². The fraction of sp³-hybridized carbons (Fsp3) is 0.538. The summed E-state index contributed by atoms with van der Waals surface area (Å²) < 4.78 is 4.82. The number of fused-ring (bicyclic) bond motifs is 1. The first-order valence-electron chi connectivity index (χ1n) is 6.55. The average molecular weight is 246 g/mol. The van der Waals surface area contributed by atoms with Crippen molar-refractivity contribution >= 4 is 22.4 Å². The lowest BCUT2D eigenvalue weighted by Gasteiger charge is -2.34. The van der Waals surface area contributed by atoms with E-state index in [4.69, 9.17) is 10.4 Å². The van der Waals surface area contributed by atoms with Crippen LogP contribution in [-0.4, -0.2) is 23.4 Å². The second-order valence-corrected chi connectivity index (χ2v) is 5.00. The summed E-state index contributed by atoms with van der Waals surface area (Å²) in [5, 5.41) is 7.87. The molecule has 3 rings (SSSR count). The highest BCUT2D eigenvalue weighted by molar-refractivity contribution is 5.95. The molecule has 0 aliphatic carbocycles. The van der Waals surface area contributed by atoms with Crippen molar-refractivity contribution in [1.82, 2.24) is 10.3 Å². The van der Waals surface area contributed by atoms with Crippen LogP contribution in [0.3, 0.4) is 0 Å². The van der Waals surface area contributed by atoms with Gasteiger partial charge in [-0.2, -0.15) is 0 Å². The first kappa shape index (κ1) is 11.3. The van der Waals surface area contributed by atoms with E-state index in [1.54, 1.807) is 0 Å². The van der Waals surface area contributed by atoms with Crippen LogP contribution in [0.1, 0.15) is 26.2 Å². The van der Waals surface area contributed by atoms with Crippen LogP contribution in [0, 0.1) is 5.92 Å². The van der Waals surface area contributed by atoms with Gasteiger partial charge in [0.15, 0.2) is 11.0 Å². The molecule has 18 heavy (non-hydrogen) atoms. The van der Waals surface area contributed by atoms with Crippen molar-refractivity contribution in [2.45, 2.75) is 26.2 Å². The lowest BCUT2D eigenvalue weighted by Crippen LogP contribution is -2.35. The molecule has 1 atom stereocenters. The predicted octanol–water partition coefficient (Wildman–Crippen LogP) is 2.43. The first-order valence-corrected chi connectivity index (χ1v) is 6.55. The van der Waals surface area contributed by atoms with Crippen LogP contribution in [0.25, 0.3) is 11.0 Å². The Bertz CT molecular complexity index is 551. The number of aromatic nitrogens is 2. The van der Waals surface area contributed by atoms with Crippen molar-refractivity contribution in [3.8, 4) is 0 Å². The summed E-state index contributed by atoms with van der Waals surface area (Å²) in [6.45, 7) is 4.41. The Hall–Kier alpha value is -1.78. The van der Waals surface area contributed by atoms with Gasteiger partial charge in [0.25, 0.3) is 0 Å². The number of hydrogen-bond acceptors (Lipinski definition) is 5. The van der Waals surface area contributed by atoms with E-state index in [-0.39, 0.29) is 0 Å². The monoisotopic (exact) mass is 246 g/mol. The Kier molecular flexibility index (Phi) is 2.81. The second-order valence-electron chi connectivity index (χ2n) is 5.00. The van der Waals surface area contributed by atoms with E-state index in [0.717, 1.165) is 30.2 Å². The van der Waals surface area contributed by atoms with E-state index in [1.165, 1.54) is 19.3 Å². The van der Waals surface area contributed by atoms with Crippen LogP contribution < -0.4 is 10.6 Å². The van der Waals surface area contributed by atoms with Crippen molar-refractivity contribution in [3.05, 3.63) is 12.1 Å². The van der Waals surface area contributed by atoms with E-state index in [2.05, 4.69) is 22.1 Å². The quantitative estimate of drug-likeness (QED) is 0.824. The molecule has 0 spiro atoms. The Morgan fingerprint density at radius 2 is 2.22 bits per heavy atom. The van der Waals surface area contributed by atoms with E-state index in [9.17, 15) is 0 Å². The van der Waals surface area contributed by atoms with Gasteiger partial charge in [-0.15, -0.1) is 0 Å². The summed E-state index contributed by atoms with van der Waals surface area (Å²) in [5.41, 5.74) is 9.05. The molecule has 1 aliphatic heterocycles. The molecule has 0 bridgehead atoms. The Morgan fingerprint density at radius 3 is 3.06 bits per heavy atom. The van der Waals surface area contributed by atoms with Gasteiger partial charge in [-0.1, -0.05) is 13.3 Å². The maximum Gasteiger partial charge on any atom is 0.160 e. The minimum absolute atomic E-state index is 0.624. The normalized spacial score (nSPS) is 20.5. The van der Waals surface area contributed by atoms with Gasteiger partial charge in [-0.25, -0.2) is 4.63 Å². The molecule has 1 saturated heterocycles. The standard InChI is InChI=1S/C13H18N4O/c1-2-9-4-3-7-17(8-9)11-6-5-10(14)12-13(11)16-18-15-12/h5-6,9H,2-4,7-8,14H2,1H3. The number of piperidine rings is 1. The highest BCUT2D eigenvalue weighted by Gasteiger charge is 2.22. The molecule has 2 heterocycles. The molecule has 1 aliphatic rings. The SMILES string of the molecule is CCC1CCCN(c2ccc(N)c3nonc23)C1. The topological polar surface area (TPSA) is 68.2 Å². The van der Waals surface area contributed by atoms with E-state index < -0.39 is 0 Å². The predicted molar refractivity (Wildman–Crippen MR) is 71.4 cm³/mol. The highest BCUT2D eigenvalue weighted by atomic mass is 16.6. The van der Waals surface area contributed by atoms with Crippen LogP contribution in [0.5, 0.6) is 0 Å². The number of rotatable bonds is 2. The molecule has 0 amide bonds. The average Bonchev–Trinajstić information content (AvgIpc) is 2.89. The van der Waals surface area contributed by atoms with Gasteiger partial charge in [0.2, 0.25) is 0 Å². The van der Waals surface area contributed by atoms with Crippen LogP contribution in [0.4, 0.5) is 11.4 Å². The fourth-order valence-electron chi connectivity index (χ4n) is 2.74. The Balaban J connectivity index is 1.98. The van der Waals surface area contributed by atoms with E-state index >= 15 is 0 Å². The van der Waals surface area contributed by atoms with E-state index in [0.29, 0.717) is 11.2 Å². The number of hydrogen-bond donors (Lipinski definition) is 1. The smallest absolute Gasteiger partial charge is 0.160 e. The maximum atomic E-state index is 5.87. The van der Waals surface area contributed by atoms with Crippen LogP contribution in [0.2, 0.25) is 0 Å². The van der Waals surface area contributed by atoms with Gasteiger partial charge in [0.1, 0.15) is 0 Å². The lowest BCUT2D eigenvalue weighted by atomic mass is 9.95. The molecule has 5 heteroatoms. The van der Waals surface area contributed by atoms with Crippen molar-refractivity contribution < 1.29 is 4.63 Å². The van der Waals surface area contributed by atoms with Gasteiger partial charge in [-0.3, -0.25) is 0 Å². The summed E-state index contributed by atoms with van der Waals surface area (Å²) in [6, 6.07) is 3.91. The van der Waals surface area contributed by atoms with Crippen LogP contribution in [-0.2, 0) is 0 Å². The van der Waals surface area contributed by atoms with Crippen molar-refractivity contribution in [2.75, 3.05) is 23.7 Å². The molecule has 0 saturated carbocycles. The van der Waals surface area contributed by atoms with Gasteiger partial charge in [0.05, 0.1) is 11.4 Å². The minimum Gasteiger partial charge on any atom is -0.397 e. The third kappa shape index (κ3) is 1.79. The summed E-state index contributed by atoms with van der Waals surface area (Å²) in [7, 11) is 0. The molecule has 1 fully saturated rings. The summed E-state index contributed by atoms with van der Waals surface area (Å²) in [4.78, 5) is 2.38. The molecule has 5 nitrogen and oxygen atoms in total. The van der Waals surface area contributed by atoms with Crippen molar-refractivity contribution in [2.24, 2.45) is 5.92 Å².